The van der Waals surface area contributed by atoms with E-state index in [1.165, 1.54) is 19.2 Å². The van der Waals surface area contributed by atoms with E-state index in [4.69, 9.17) is 21.7 Å². The molecular weight excluding hydrogens is 345 g/mol. The fraction of sp³-hybridized carbons (Fsp3) is 0.188. The van der Waals surface area contributed by atoms with Crippen LogP contribution in [0, 0.1) is 5.41 Å². The van der Waals surface area contributed by atoms with E-state index < -0.39 is 6.36 Å². The van der Waals surface area contributed by atoms with Crippen LogP contribution in [0.25, 0.3) is 0 Å². The monoisotopic (exact) mass is 358 g/mol. The first-order valence-electron chi connectivity index (χ1n) is 6.79. The second-order valence-electron chi connectivity index (χ2n) is 4.76. The molecule has 0 saturated carbocycles. The third kappa shape index (κ3) is 5.06. The number of rotatable bonds is 5. The number of hydrogen-bond acceptors (Lipinski definition) is 3. The molecule has 2 rings (SSSR count). The van der Waals surface area contributed by atoms with E-state index >= 15 is 0 Å². The van der Waals surface area contributed by atoms with Crippen molar-refractivity contribution in [2.75, 3.05) is 7.11 Å². The molecule has 0 aliphatic carbocycles. The summed E-state index contributed by atoms with van der Waals surface area (Å²) in [4.78, 5) is 0. The summed E-state index contributed by atoms with van der Waals surface area (Å²) in [6.45, 7) is 0.281. The van der Waals surface area contributed by atoms with Crippen molar-refractivity contribution >= 4 is 17.4 Å². The topological polar surface area (TPSA) is 54.3 Å². The average Bonchev–Trinajstić information content (AvgIpc) is 2.52. The molecule has 0 aliphatic heterocycles. The molecule has 2 aromatic carbocycles. The smallest absolute Gasteiger partial charge is 0.496 e. The highest BCUT2D eigenvalue weighted by Crippen LogP contribution is 2.24. The molecule has 0 saturated heterocycles. The van der Waals surface area contributed by atoms with Gasteiger partial charge in [-0.1, -0.05) is 11.6 Å². The lowest BCUT2D eigenvalue weighted by molar-refractivity contribution is -0.274. The van der Waals surface area contributed by atoms with Crippen molar-refractivity contribution in [3.8, 4) is 11.5 Å². The molecule has 0 fully saturated rings. The van der Waals surface area contributed by atoms with Crippen LogP contribution in [-0.2, 0) is 6.54 Å². The molecule has 0 aromatic heterocycles. The number of nitrogens with one attached hydrogen (secondary N) is 2. The molecule has 0 aliphatic rings. The third-order valence-electron chi connectivity index (χ3n) is 3.07. The van der Waals surface area contributed by atoms with E-state index in [9.17, 15) is 13.2 Å². The molecule has 0 atom stereocenters. The van der Waals surface area contributed by atoms with Gasteiger partial charge in [0.15, 0.2) is 0 Å². The maximum atomic E-state index is 12.1. The summed E-state index contributed by atoms with van der Waals surface area (Å²) in [5, 5.41) is 11.4. The predicted octanol–water partition coefficient (Wildman–Crippen LogP) is 4.36. The summed E-state index contributed by atoms with van der Waals surface area (Å²) in [5.41, 5.74) is 1.18. The van der Waals surface area contributed by atoms with Crippen LogP contribution < -0.4 is 14.8 Å². The fourth-order valence-electron chi connectivity index (χ4n) is 1.99. The summed E-state index contributed by atoms with van der Waals surface area (Å²) in [6, 6.07) is 10.1. The van der Waals surface area contributed by atoms with E-state index in [0.29, 0.717) is 16.3 Å². The summed E-state index contributed by atoms with van der Waals surface area (Å²) in [7, 11) is 1.53. The zero-order valence-corrected chi connectivity index (χ0v) is 13.3. The highest BCUT2D eigenvalue weighted by atomic mass is 35.5. The maximum Gasteiger partial charge on any atom is 0.573 e. The van der Waals surface area contributed by atoms with Gasteiger partial charge < -0.3 is 14.8 Å². The van der Waals surface area contributed by atoms with Crippen LogP contribution in [0.5, 0.6) is 11.5 Å². The number of benzene rings is 2. The van der Waals surface area contributed by atoms with Gasteiger partial charge in [-0.15, -0.1) is 13.2 Å². The van der Waals surface area contributed by atoms with Crippen LogP contribution >= 0.6 is 11.6 Å². The number of methoxy groups -OCH3 is 1. The van der Waals surface area contributed by atoms with Crippen LogP contribution in [0.2, 0.25) is 5.02 Å². The molecule has 128 valence electrons. The van der Waals surface area contributed by atoms with Crippen molar-refractivity contribution in [2.45, 2.75) is 12.9 Å². The van der Waals surface area contributed by atoms with E-state index in [0.717, 1.165) is 17.7 Å². The van der Waals surface area contributed by atoms with Crippen LogP contribution in [0.1, 0.15) is 11.1 Å². The largest absolute Gasteiger partial charge is 0.573 e. The Morgan fingerprint density at radius 2 is 1.83 bits per heavy atom. The summed E-state index contributed by atoms with van der Waals surface area (Å²) < 4.78 is 45.3. The zero-order chi connectivity index (χ0) is 17.7. The minimum absolute atomic E-state index is 0.0515. The van der Waals surface area contributed by atoms with Crippen molar-refractivity contribution in [1.29, 1.82) is 5.41 Å². The van der Waals surface area contributed by atoms with Crippen molar-refractivity contribution < 1.29 is 22.6 Å². The molecule has 0 heterocycles. The van der Waals surface area contributed by atoms with Gasteiger partial charge in [0.2, 0.25) is 0 Å². The van der Waals surface area contributed by atoms with Crippen molar-refractivity contribution in [1.82, 2.24) is 5.32 Å². The molecule has 0 unspecified atom stereocenters. The number of halogens is 4. The molecule has 0 radical (unpaired) electrons. The van der Waals surface area contributed by atoms with Gasteiger partial charge in [0.1, 0.15) is 17.3 Å². The molecule has 0 spiro atoms. The summed E-state index contributed by atoms with van der Waals surface area (Å²) >= 11 is 5.93. The standard InChI is InChI=1S/C16H14ClF3N2O2/c1-23-14-7-4-12(17)8-11(14)9-22-15(21)10-2-5-13(6-3-10)24-16(18,19)20/h2-8H,9H2,1H3,(H2,21,22). The second kappa shape index (κ2) is 7.44. The van der Waals surface area contributed by atoms with Crippen LogP contribution in [0.15, 0.2) is 42.5 Å². The van der Waals surface area contributed by atoms with Gasteiger partial charge in [0.25, 0.3) is 0 Å². The Bertz CT molecular complexity index is 718. The highest BCUT2D eigenvalue weighted by Gasteiger charge is 2.30. The van der Waals surface area contributed by atoms with Gasteiger partial charge >= 0.3 is 6.36 Å². The minimum Gasteiger partial charge on any atom is -0.496 e. The van der Waals surface area contributed by atoms with Gasteiger partial charge in [0, 0.05) is 22.7 Å². The number of ether oxygens (including phenoxy) is 2. The quantitative estimate of drug-likeness (QED) is 0.616. The third-order valence-corrected chi connectivity index (χ3v) is 3.31. The molecule has 2 aromatic rings. The summed E-state index contributed by atoms with van der Waals surface area (Å²) in [5.74, 6) is 0.333. The Balaban J connectivity index is 2.01. The van der Waals surface area contributed by atoms with E-state index in [-0.39, 0.29) is 18.1 Å². The minimum atomic E-state index is -4.74. The number of alkyl halides is 3. The van der Waals surface area contributed by atoms with Gasteiger partial charge in [0.05, 0.1) is 7.11 Å². The van der Waals surface area contributed by atoms with Gasteiger partial charge in [-0.3, -0.25) is 5.41 Å². The number of amidine groups is 1. The average molecular weight is 359 g/mol. The first kappa shape index (κ1) is 17.9. The van der Waals surface area contributed by atoms with Gasteiger partial charge in [-0.05, 0) is 42.5 Å². The second-order valence-corrected chi connectivity index (χ2v) is 5.19. The van der Waals surface area contributed by atoms with E-state index in [1.807, 2.05) is 0 Å². The Hall–Kier alpha value is -2.41. The van der Waals surface area contributed by atoms with E-state index in [1.54, 1.807) is 18.2 Å². The van der Waals surface area contributed by atoms with E-state index in [2.05, 4.69) is 10.1 Å². The van der Waals surface area contributed by atoms with Crippen LogP contribution in [-0.4, -0.2) is 19.3 Å². The Labute approximate surface area is 141 Å². The molecule has 2 N–H and O–H groups in total. The lowest BCUT2D eigenvalue weighted by Crippen LogP contribution is -2.23. The van der Waals surface area contributed by atoms with Gasteiger partial charge in [-0.2, -0.15) is 0 Å². The lowest BCUT2D eigenvalue weighted by Gasteiger charge is -2.13. The Morgan fingerprint density at radius 3 is 2.42 bits per heavy atom. The fourth-order valence-corrected chi connectivity index (χ4v) is 2.19. The number of hydrogen-bond donors (Lipinski definition) is 2. The van der Waals surface area contributed by atoms with Crippen LogP contribution in [0.3, 0.4) is 0 Å². The molecule has 24 heavy (non-hydrogen) atoms. The predicted molar refractivity (Wildman–Crippen MR) is 84.8 cm³/mol. The molecule has 4 nitrogen and oxygen atoms in total. The van der Waals surface area contributed by atoms with Gasteiger partial charge in [-0.25, -0.2) is 0 Å². The summed E-state index contributed by atoms with van der Waals surface area (Å²) in [6.07, 6.45) is -4.74. The van der Waals surface area contributed by atoms with Crippen molar-refractivity contribution in [2.24, 2.45) is 0 Å². The van der Waals surface area contributed by atoms with Crippen molar-refractivity contribution in [3.63, 3.8) is 0 Å². The first-order valence-corrected chi connectivity index (χ1v) is 7.17. The Morgan fingerprint density at radius 1 is 1.17 bits per heavy atom. The Kier molecular flexibility index (Phi) is 5.56. The zero-order valence-electron chi connectivity index (χ0n) is 12.6. The first-order chi connectivity index (χ1) is 11.3. The molecular formula is C16H14ClF3N2O2. The SMILES string of the molecule is COc1ccc(Cl)cc1CNC(=N)c1ccc(OC(F)(F)F)cc1. The molecule has 0 bridgehead atoms. The molecule has 8 heteroatoms. The normalized spacial score (nSPS) is 11.0. The highest BCUT2D eigenvalue weighted by molar-refractivity contribution is 6.30. The lowest BCUT2D eigenvalue weighted by atomic mass is 10.1. The molecule has 0 amide bonds. The maximum absolute atomic E-state index is 12.1. The van der Waals surface area contributed by atoms with Crippen molar-refractivity contribution in [3.05, 3.63) is 58.6 Å². The van der Waals surface area contributed by atoms with Crippen LogP contribution in [0.4, 0.5) is 13.2 Å².